The summed E-state index contributed by atoms with van der Waals surface area (Å²) in [5.41, 5.74) is 0.871. The fourth-order valence-corrected chi connectivity index (χ4v) is 3.31. The minimum atomic E-state index is -0.0184. The Kier molecular flexibility index (Phi) is 6.24. The zero-order valence-electron chi connectivity index (χ0n) is 14.8. The third kappa shape index (κ3) is 4.23. The maximum Gasteiger partial charge on any atom is 0.222 e. The van der Waals surface area contributed by atoms with Crippen LogP contribution in [0.25, 0.3) is 11.4 Å². The summed E-state index contributed by atoms with van der Waals surface area (Å²) in [6, 6.07) is 7.35. The van der Waals surface area contributed by atoms with Crippen molar-refractivity contribution < 1.29 is 14.6 Å². The number of aliphatic hydroxyl groups excluding tert-OH is 1. The SMILES string of the molecule is COCCN1C[C@@H](c2nc(-c3ccc(Cl)cc3)nn2CCO)CCC1=O. The van der Waals surface area contributed by atoms with Gasteiger partial charge in [0.15, 0.2) is 5.82 Å². The molecule has 26 heavy (non-hydrogen) atoms. The lowest BCUT2D eigenvalue weighted by Gasteiger charge is -2.32. The van der Waals surface area contributed by atoms with Crippen molar-refractivity contribution in [2.45, 2.75) is 25.3 Å². The van der Waals surface area contributed by atoms with Crippen molar-refractivity contribution in [1.82, 2.24) is 19.7 Å². The molecule has 1 amide bonds. The van der Waals surface area contributed by atoms with Gasteiger partial charge in [0.2, 0.25) is 5.91 Å². The summed E-state index contributed by atoms with van der Waals surface area (Å²) >= 11 is 5.95. The van der Waals surface area contributed by atoms with Gasteiger partial charge in [-0.3, -0.25) is 4.79 Å². The van der Waals surface area contributed by atoms with E-state index in [1.807, 2.05) is 17.0 Å². The summed E-state index contributed by atoms with van der Waals surface area (Å²) in [6.45, 7) is 2.03. The molecule has 2 heterocycles. The molecular weight excluding hydrogens is 356 g/mol. The molecule has 1 saturated heterocycles. The summed E-state index contributed by atoms with van der Waals surface area (Å²) in [6.07, 6.45) is 1.21. The summed E-state index contributed by atoms with van der Waals surface area (Å²) in [4.78, 5) is 18.7. The number of carbonyl (C=O) groups excluding carboxylic acids is 1. The number of hydrogen-bond acceptors (Lipinski definition) is 5. The van der Waals surface area contributed by atoms with E-state index in [-0.39, 0.29) is 18.4 Å². The van der Waals surface area contributed by atoms with Crippen LogP contribution in [-0.2, 0) is 16.1 Å². The molecule has 0 aliphatic carbocycles. The second-order valence-electron chi connectivity index (χ2n) is 6.32. The molecule has 7 nitrogen and oxygen atoms in total. The minimum Gasteiger partial charge on any atom is -0.394 e. The lowest BCUT2D eigenvalue weighted by molar-refractivity contribution is -0.134. The highest BCUT2D eigenvalue weighted by atomic mass is 35.5. The Morgan fingerprint density at radius 1 is 1.31 bits per heavy atom. The molecule has 1 aliphatic rings. The molecular formula is C18H23ClN4O3. The summed E-state index contributed by atoms with van der Waals surface area (Å²) in [5.74, 6) is 1.64. The Morgan fingerprint density at radius 2 is 2.08 bits per heavy atom. The molecule has 0 bridgehead atoms. The van der Waals surface area contributed by atoms with Crippen LogP contribution in [-0.4, -0.2) is 64.1 Å². The van der Waals surface area contributed by atoms with Gasteiger partial charge in [-0.15, -0.1) is 0 Å². The van der Waals surface area contributed by atoms with E-state index in [4.69, 9.17) is 21.3 Å². The van der Waals surface area contributed by atoms with Crippen LogP contribution in [0.5, 0.6) is 0 Å². The summed E-state index contributed by atoms with van der Waals surface area (Å²) < 4.78 is 6.85. The van der Waals surface area contributed by atoms with Crippen LogP contribution in [0.2, 0.25) is 5.02 Å². The summed E-state index contributed by atoms with van der Waals surface area (Å²) in [7, 11) is 1.63. The highest BCUT2D eigenvalue weighted by Gasteiger charge is 2.30. The molecule has 1 N–H and O–H groups in total. The van der Waals surface area contributed by atoms with Crippen LogP contribution >= 0.6 is 11.6 Å². The van der Waals surface area contributed by atoms with Crippen molar-refractivity contribution in [2.24, 2.45) is 0 Å². The maximum atomic E-state index is 12.1. The minimum absolute atomic E-state index is 0.0184. The van der Waals surface area contributed by atoms with Gasteiger partial charge in [-0.2, -0.15) is 5.10 Å². The standard InChI is InChI=1S/C18H23ClN4O3/c1-26-11-9-22-12-14(4-7-16(22)25)18-20-17(21-23(18)8-10-24)13-2-5-15(19)6-3-13/h2-3,5-6,14,24H,4,7-12H2,1H3/t14-/m0/s1. The van der Waals surface area contributed by atoms with Crippen LogP contribution < -0.4 is 0 Å². The van der Waals surface area contributed by atoms with E-state index in [0.717, 1.165) is 17.8 Å². The first-order valence-electron chi connectivity index (χ1n) is 8.70. The number of halogens is 1. The fourth-order valence-electron chi connectivity index (χ4n) is 3.18. The third-order valence-electron chi connectivity index (χ3n) is 4.55. The Balaban J connectivity index is 1.85. The van der Waals surface area contributed by atoms with Crippen LogP contribution in [0.3, 0.4) is 0 Å². The topological polar surface area (TPSA) is 80.5 Å². The number of hydrogen-bond donors (Lipinski definition) is 1. The van der Waals surface area contributed by atoms with Gasteiger partial charge in [-0.1, -0.05) is 11.6 Å². The Bertz CT molecular complexity index is 747. The molecule has 1 aromatic carbocycles. The first-order valence-corrected chi connectivity index (χ1v) is 9.08. The lowest BCUT2D eigenvalue weighted by Crippen LogP contribution is -2.41. The molecule has 2 aromatic rings. The number of amides is 1. The number of nitrogens with zero attached hydrogens (tertiary/aromatic N) is 4. The first kappa shape index (κ1) is 18.8. The molecule has 8 heteroatoms. The lowest BCUT2D eigenvalue weighted by atomic mass is 9.96. The number of methoxy groups -OCH3 is 1. The Morgan fingerprint density at radius 3 is 2.77 bits per heavy atom. The predicted molar refractivity (Wildman–Crippen MR) is 98.0 cm³/mol. The van der Waals surface area contributed by atoms with Gasteiger partial charge in [-0.25, -0.2) is 9.67 Å². The largest absolute Gasteiger partial charge is 0.394 e. The van der Waals surface area contributed by atoms with Crippen molar-refractivity contribution in [3.63, 3.8) is 0 Å². The predicted octanol–water partition coefficient (Wildman–Crippen LogP) is 1.94. The molecule has 0 unspecified atom stereocenters. The van der Waals surface area contributed by atoms with Crippen molar-refractivity contribution in [2.75, 3.05) is 33.4 Å². The first-order chi connectivity index (χ1) is 12.6. The number of rotatable bonds is 7. The van der Waals surface area contributed by atoms with Crippen LogP contribution in [0.4, 0.5) is 0 Å². The third-order valence-corrected chi connectivity index (χ3v) is 4.80. The second kappa shape index (κ2) is 8.62. The smallest absolute Gasteiger partial charge is 0.222 e. The number of carbonyl (C=O) groups is 1. The van der Waals surface area contributed by atoms with Crippen molar-refractivity contribution in [3.05, 3.63) is 35.1 Å². The number of aromatic nitrogens is 3. The quantitative estimate of drug-likeness (QED) is 0.796. The van der Waals surface area contributed by atoms with Gasteiger partial charge >= 0.3 is 0 Å². The number of piperidine rings is 1. The molecule has 1 atom stereocenters. The summed E-state index contributed by atoms with van der Waals surface area (Å²) in [5, 5.41) is 14.6. The van der Waals surface area contributed by atoms with Crippen molar-refractivity contribution in [1.29, 1.82) is 0 Å². The van der Waals surface area contributed by atoms with Crippen LogP contribution in [0.15, 0.2) is 24.3 Å². The molecule has 1 aromatic heterocycles. The number of likely N-dealkylation sites (tertiary alicyclic amines) is 1. The van der Waals surface area contributed by atoms with Crippen molar-refractivity contribution >= 4 is 17.5 Å². The second-order valence-corrected chi connectivity index (χ2v) is 6.75. The molecule has 1 fully saturated rings. The molecule has 140 valence electrons. The van der Waals surface area contributed by atoms with Crippen LogP contribution in [0.1, 0.15) is 24.6 Å². The monoisotopic (exact) mass is 378 g/mol. The zero-order chi connectivity index (χ0) is 18.5. The number of ether oxygens (including phenoxy) is 1. The molecule has 0 spiro atoms. The van der Waals surface area contributed by atoms with Gasteiger partial charge in [0.05, 0.1) is 19.8 Å². The van der Waals surface area contributed by atoms with Gasteiger partial charge in [0.25, 0.3) is 0 Å². The van der Waals surface area contributed by atoms with Crippen molar-refractivity contribution in [3.8, 4) is 11.4 Å². The number of aliphatic hydroxyl groups is 1. The molecule has 3 rings (SSSR count). The number of benzene rings is 1. The van der Waals surface area contributed by atoms with E-state index in [1.54, 1.807) is 23.9 Å². The Labute approximate surface area is 157 Å². The molecule has 0 saturated carbocycles. The van der Waals surface area contributed by atoms with Gasteiger partial charge < -0.3 is 14.7 Å². The normalized spacial score (nSPS) is 17.7. The van der Waals surface area contributed by atoms with E-state index in [2.05, 4.69) is 5.10 Å². The highest BCUT2D eigenvalue weighted by Crippen LogP contribution is 2.28. The average Bonchev–Trinajstić information content (AvgIpc) is 3.06. The van der Waals surface area contributed by atoms with Gasteiger partial charge in [0, 0.05) is 43.1 Å². The average molecular weight is 379 g/mol. The van der Waals surface area contributed by atoms with Gasteiger partial charge in [0.1, 0.15) is 5.82 Å². The van der Waals surface area contributed by atoms with Gasteiger partial charge in [-0.05, 0) is 30.7 Å². The molecule has 1 aliphatic heterocycles. The zero-order valence-corrected chi connectivity index (χ0v) is 15.5. The Hall–Kier alpha value is -1.96. The fraction of sp³-hybridized carbons (Fsp3) is 0.500. The maximum absolute atomic E-state index is 12.1. The van der Waals surface area contributed by atoms with E-state index < -0.39 is 0 Å². The van der Waals surface area contributed by atoms with E-state index in [1.165, 1.54) is 0 Å². The van der Waals surface area contributed by atoms with E-state index in [9.17, 15) is 9.90 Å². The molecule has 0 radical (unpaired) electrons. The van der Waals surface area contributed by atoms with E-state index in [0.29, 0.717) is 43.5 Å². The van der Waals surface area contributed by atoms with E-state index >= 15 is 0 Å². The van der Waals surface area contributed by atoms with Crippen LogP contribution in [0, 0.1) is 0 Å². The highest BCUT2D eigenvalue weighted by molar-refractivity contribution is 6.30.